The second-order valence-corrected chi connectivity index (χ2v) is 3.42. The van der Waals surface area contributed by atoms with E-state index in [2.05, 4.69) is 4.98 Å². The van der Waals surface area contributed by atoms with Gasteiger partial charge < -0.3 is 4.74 Å². The molecule has 4 heteroatoms. The molecule has 2 radical (unpaired) electrons. The third-order valence-corrected chi connectivity index (χ3v) is 2.05. The molecule has 0 atom stereocenters. The molecule has 0 amide bonds. The minimum absolute atomic E-state index is 0.153. The largest absolute Gasteiger partial charge is 0.454 e. The van der Waals surface area contributed by atoms with Crippen molar-refractivity contribution in [3.8, 4) is 11.5 Å². The van der Waals surface area contributed by atoms with Gasteiger partial charge in [0.05, 0.1) is 0 Å². The van der Waals surface area contributed by atoms with Crippen LogP contribution in [0.3, 0.4) is 0 Å². The molecular weight excluding hydrogens is 204 g/mol. The SMILES string of the molecule is [B]c1ccc(Oc2ccnc(C)c2)c(F)c1. The van der Waals surface area contributed by atoms with E-state index in [1.807, 2.05) is 6.92 Å². The Hall–Kier alpha value is -1.84. The number of ether oxygens (including phenoxy) is 1. The summed E-state index contributed by atoms with van der Waals surface area (Å²) in [6.45, 7) is 1.84. The summed E-state index contributed by atoms with van der Waals surface area (Å²) in [6, 6.07) is 7.72. The fraction of sp³-hybridized carbons (Fsp3) is 0.0833. The Balaban J connectivity index is 2.27. The van der Waals surface area contributed by atoms with Crippen LogP contribution in [0.25, 0.3) is 0 Å². The number of hydrogen-bond acceptors (Lipinski definition) is 2. The summed E-state index contributed by atoms with van der Waals surface area (Å²) in [4.78, 5) is 4.02. The summed E-state index contributed by atoms with van der Waals surface area (Å²) in [5.41, 5.74) is 1.18. The average molecular weight is 213 g/mol. The zero-order valence-corrected chi connectivity index (χ0v) is 8.77. The molecule has 0 saturated heterocycles. The molecule has 1 heterocycles. The molecule has 1 aromatic heterocycles. The van der Waals surface area contributed by atoms with E-state index in [4.69, 9.17) is 12.6 Å². The number of benzene rings is 1. The van der Waals surface area contributed by atoms with Crippen molar-refractivity contribution < 1.29 is 9.13 Å². The average Bonchev–Trinajstić information content (AvgIpc) is 2.22. The van der Waals surface area contributed by atoms with Crippen molar-refractivity contribution in [3.63, 3.8) is 0 Å². The highest BCUT2D eigenvalue weighted by Gasteiger charge is 2.04. The Morgan fingerprint density at radius 3 is 2.75 bits per heavy atom. The monoisotopic (exact) mass is 213 g/mol. The first kappa shape index (κ1) is 10.7. The smallest absolute Gasteiger partial charge is 0.165 e. The molecule has 0 bridgehead atoms. The van der Waals surface area contributed by atoms with Gasteiger partial charge in [0, 0.05) is 18.0 Å². The number of rotatable bonds is 2. The van der Waals surface area contributed by atoms with Crippen LogP contribution in [0.1, 0.15) is 5.69 Å². The molecule has 78 valence electrons. The summed E-state index contributed by atoms with van der Waals surface area (Å²) in [5.74, 6) is 0.227. The van der Waals surface area contributed by atoms with Crippen LogP contribution in [-0.4, -0.2) is 12.8 Å². The van der Waals surface area contributed by atoms with Crippen molar-refractivity contribution >= 4 is 13.3 Å². The van der Waals surface area contributed by atoms with Crippen molar-refractivity contribution in [2.24, 2.45) is 0 Å². The molecule has 0 unspecified atom stereocenters. The Kier molecular flexibility index (Phi) is 2.90. The van der Waals surface area contributed by atoms with Gasteiger partial charge in [-0.15, -0.1) is 0 Å². The first-order valence-corrected chi connectivity index (χ1v) is 4.81. The number of pyridine rings is 1. The maximum Gasteiger partial charge on any atom is 0.165 e. The van der Waals surface area contributed by atoms with E-state index in [0.29, 0.717) is 11.2 Å². The Bertz CT molecular complexity index is 516. The zero-order valence-electron chi connectivity index (χ0n) is 8.77. The van der Waals surface area contributed by atoms with Crippen molar-refractivity contribution in [2.45, 2.75) is 6.92 Å². The number of aryl methyl sites for hydroxylation is 1. The molecular formula is C12H9BFNO. The predicted octanol–water partition coefficient (Wildman–Crippen LogP) is 2.12. The molecule has 16 heavy (non-hydrogen) atoms. The normalized spacial score (nSPS) is 10.1. The van der Waals surface area contributed by atoms with Gasteiger partial charge in [-0.1, -0.05) is 11.5 Å². The quantitative estimate of drug-likeness (QED) is 0.712. The van der Waals surface area contributed by atoms with Crippen LogP contribution in [0.4, 0.5) is 4.39 Å². The van der Waals surface area contributed by atoms with Crippen LogP contribution in [0.5, 0.6) is 11.5 Å². The van der Waals surface area contributed by atoms with Crippen LogP contribution >= 0.6 is 0 Å². The highest BCUT2D eigenvalue weighted by atomic mass is 19.1. The van der Waals surface area contributed by atoms with Gasteiger partial charge in [-0.05, 0) is 25.1 Å². The number of hydrogen-bond donors (Lipinski definition) is 0. The number of nitrogens with zero attached hydrogens (tertiary/aromatic N) is 1. The van der Waals surface area contributed by atoms with Crippen molar-refractivity contribution in [1.82, 2.24) is 4.98 Å². The third kappa shape index (κ3) is 2.39. The number of aromatic nitrogens is 1. The van der Waals surface area contributed by atoms with Gasteiger partial charge in [0.25, 0.3) is 0 Å². The second-order valence-electron chi connectivity index (χ2n) is 3.42. The van der Waals surface area contributed by atoms with Crippen molar-refractivity contribution in [1.29, 1.82) is 0 Å². The maximum absolute atomic E-state index is 13.4. The molecule has 0 N–H and O–H groups in total. The van der Waals surface area contributed by atoms with Crippen LogP contribution in [0.2, 0.25) is 0 Å². The summed E-state index contributed by atoms with van der Waals surface area (Å²) < 4.78 is 18.8. The molecule has 0 fully saturated rings. The minimum Gasteiger partial charge on any atom is -0.454 e. The lowest BCUT2D eigenvalue weighted by atomic mass is 9.96. The molecule has 0 aliphatic carbocycles. The first-order valence-electron chi connectivity index (χ1n) is 4.81. The highest BCUT2D eigenvalue weighted by Crippen LogP contribution is 2.23. The van der Waals surface area contributed by atoms with E-state index >= 15 is 0 Å². The second kappa shape index (κ2) is 4.35. The number of halogens is 1. The van der Waals surface area contributed by atoms with Crippen LogP contribution in [-0.2, 0) is 0 Å². The molecule has 2 rings (SSSR count). The van der Waals surface area contributed by atoms with Crippen molar-refractivity contribution in [3.05, 3.63) is 48.0 Å². The minimum atomic E-state index is -0.477. The zero-order chi connectivity index (χ0) is 11.5. The van der Waals surface area contributed by atoms with E-state index < -0.39 is 5.82 Å². The molecule has 0 aliphatic rings. The van der Waals surface area contributed by atoms with Gasteiger partial charge in [-0.25, -0.2) is 4.39 Å². The fourth-order valence-corrected chi connectivity index (χ4v) is 1.31. The first-order chi connectivity index (χ1) is 7.65. The van der Waals surface area contributed by atoms with Gasteiger partial charge in [-0.3, -0.25) is 4.98 Å². The summed E-state index contributed by atoms with van der Waals surface area (Å²) in [5, 5.41) is 0. The van der Waals surface area contributed by atoms with Gasteiger partial charge in [0.15, 0.2) is 11.6 Å². The van der Waals surface area contributed by atoms with Gasteiger partial charge in [0.2, 0.25) is 0 Å². The third-order valence-electron chi connectivity index (χ3n) is 2.05. The lowest BCUT2D eigenvalue weighted by Crippen LogP contribution is -2.02. The topological polar surface area (TPSA) is 22.1 Å². The van der Waals surface area contributed by atoms with Crippen LogP contribution in [0.15, 0.2) is 36.5 Å². The Morgan fingerprint density at radius 1 is 1.25 bits per heavy atom. The van der Waals surface area contributed by atoms with Crippen LogP contribution in [0, 0.1) is 12.7 Å². The standard InChI is InChI=1S/C12H9BFNO/c1-8-6-10(4-5-15-8)16-12-3-2-9(13)7-11(12)14/h2-7H,1H3. The summed E-state index contributed by atoms with van der Waals surface area (Å²) >= 11 is 0. The van der Waals surface area contributed by atoms with E-state index in [-0.39, 0.29) is 5.75 Å². The fourth-order valence-electron chi connectivity index (χ4n) is 1.31. The Morgan fingerprint density at radius 2 is 2.06 bits per heavy atom. The molecule has 1 aromatic carbocycles. The van der Waals surface area contributed by atoms with Crippen LogP contribution < -0.4 is 10.2 Å². The van der Waals surface area contributed by atoms with E-state index in [9.17, 15) is 4.39 Å². The summed E-state index contributed by atoms with van der Waals surface area (Å²) in [7, 11) is 5.44. The Labute approximate surface area is 94.5 Å². The maximum atomic E-state index is 13.4. The molecule has 0 saturated carbocycles. The lowest BCUT2D eigenvalue weighted by molar-refractivity contribution is 0.442. The molecule has 2 nitrogen and oxygen atoms in total. The van der Waals surface area contributed by atoms with E-state index in [1.54, 1.807) is 24.4 Å². The molecule has 0 spiro atoms. The van der Waals surface area contributed by atoms with Gasteiger partial charge in [-0.2, -0.15) is 0 Å². The predicted molar refractivity (Wildman–Crippen MR) is 60.8 cm³/mol. The van der Waals surface area contributed by atoms with Gasteiger partial charge >= 0.3 is 0 Å². The molecule has 2 aromatic rings. The van der Waals surface area contributed by atoms with E-state index in [1.165, 1.54) is 12.1 Å². The summed E-state index contributed by atoms with van der Waals surface area (Å²) in [6.07, 6.45) is 1.61. The van der Waals surface area contributed by atoms with Crippen molar-refractivity contribution in [2.75, 3.05) is 0 Å². The molecule has 0 aliphatic heterocycles. The van der Waals surface area contributed by atoms with E-state index in [0.717, 1.165) is 5.69 Å². The lowest BCUT2D eigenvalue weighted by Gasteiger charge is -2.07. The van der Waals surface area contributed by atoms with Gasteiger partial charge in [0.1, 0.15) is 13.6 Å². The highest BCUT2D eigenvalue weighted by molar-refractivity contribution is 6.32.